The summed E-state index contributed by atoms with van der Waals surface area (Å²) in [4.78, 5) is 28.6. The summed E-state index contributed by atoms with van der Waals surface area (Å²) in [7, 11) is -2.92. The van der Waals surface area contributed by atoms with Gasteiger partial charge in [-0.15, -0.1) is 0 Å². The molecule has 3 aromatic rings. The minimum Gasteiger partial charge on any atom is -0.466 e. The molecule has 1 aromatic heterocycles. The van der Waals surface area contributed by atoms with Gasteiger partial charge >= 0.3 is 17.8 Å². The fraction of sp³-hybridized carbons (Fsp3) is 0.211. The lowest BCUT2D eigenvalue weighted by Gasteiger charge is -2.34. The molecule has 1 atom stereocenters. The van der Waals surface area contributed by atoms with Gasteiger partial charge in [0, 0.05) is 6.26 Å². The molecule has 14 heteroatoms. The highest BCUT2D eigenvalue weighted by atomic mass is 32.2. The zero-order valence-electron chi connectivity index (χ0n) is 16.9. The number of methoxy groups -OCH3 is 1. The number of alkyl halides is 3. The van der Waals surface area contributed by atoms with Gasteiger partial charge in [-0.05, 0) is 30.3 Å². The Morgan fingerprint density at radius 2 is 1.79 bits per heavy atom. The lowest BCUT2D eigenvalue weighted by atomic mass is 10.1. The van der Waals surface area contributed by atoms with E-state index in [1.54, 1.807) is 0 Å². The van der Waals surface area contributed by atoms with Gasteiger partial charge in [-0.25, -0.2) is 22.6 Å². The lowest BCUT2D eigenvalue weighted by Crippen LogP contribution is -2.69. The minimum absolute atomic E-state index is 0.0897. The molecular weight excluding hydrogens is 490 g/mol. The van der Waals surface area contributed by atoms with Crippen LogP contribution in [0, 0.1) is 5.82 Å². The van der Waals surface area contributed by atoms with Crippen molar-refractivity contribution in [2.75, 3.05) is 18.7 Å². The van der Waals surface area contributed by atoms with E-state index in [0.29, 0.717) is 18.4 Å². The Balaban J connectivity index is 2.09. The number of benzene rings is 2. The highest BCUT2D eigenvalue weighted by molar-refractivity contribution is 7.90. The van der Waals surface area contributed by atoms with Gasteiger partial charge in [-0.1, -0.05) is 23.5 Å². The Hall–Kier alpha value is -3.26. The number of carbonyl (C=O) groups excluding carboxylic acids is 2. The number of fused-ring (bicyclic) bond motifs is 1. The zero-order chi connectivity index (χ0) is 24.6. The Morgan fingerprint density at radius 3 is 2.36 bits per heavy atom. The molecule has 0 saturated heterocycles. The summed E-state index contributed by atoms with van der Waals surface area (Å²) in [5.74, 6) is -4.58. The second-order valence-corrected chi connectivity index (χ2v) is 9.77. The van der Waals surface area contributed by atoms with Crippen molar-refractivity contribution in [1.82, 2.24) is 10.3 Å². The molecule has 0 aliphatic heterocycles. The van der Waals surface area contributed by atoms with Crippen molar-refractivity contribution < 1.29 is 40.3 Å². The summed E-state index contributed by atoms with van der Waals surface area (Å²) in [6, 6.07) is 7.96. The molecule has 1 unspecified atom stereocenters. The van der Waals surface area contributed by atoms with Crippen molar-refractivity contribution in [1.29, 1.82) is 0 Å². The quantitative estimate of drug-likeness (QED) is 0.301. The number of thiazole rings is 1. The van der Waals surface area contributed by atoms with Gasteiger partial charge < -0.3 is 15.4 Å². The average molecular weight is 505 g/mol. The van der Waals surface area contributed by atoms with E-state index in [-0.39, 0.29) is 15.1 Å². The maximum atomic E-state index is 14.2. The molecule has 0 fully saturated rings. The van der Waals surface area contributed by atoms with E-state index >= 15 is 0 Å². The van der Waals surface area contributed by atoms with E-state index in [2.05, 4.69) is 9.72 Å². The van der Waals surface area contributed by atoms with Crippen molar-refractivity contribution in [3.05, 3.63) is 53.8 Å². The molecule has 3 rings (SSSR count). The number of esters is 1. The Kier molecular flexibility index (Phi) is 6.35. The Bertz CT molecular complexity index is 1340. The van der Waals surface area contributed by atoms with Crippen LogP contribution in [-0.4, -0.2) is 50.5 Å². The van der Waals surface area contributed by atoms with E-state index < -0.39 is 50.1 Å². The predicted molar refractivity (Wildman–Crippen MR) is 111 cm³/mol. The Labute approximate surface area is 188 Å². The van der Waals surface area contributed by atoms with Crippen molar-refractivity contribution in [3.63, 3.8) is 0 Å². The van der Waals surface area contributed by atoms with Gasteiger partial charge in [-0.2, -0.15) is 13.2 Å². The van der Waals surface area contributed by atoms with E-state index in [4.69, 9.17) is 0 Å². The van der Waals surface area contributed by atoms with Crippen LogP contribution in [0.5, 0.6) is 0 Å². The molecule has 0 radical (unpaired) electrons. The molecule has 1 heterocycles. The number of sulfone groups is 1. The number of amides is 1. The zero-order valence-corrected chi connectivity index (χ0v) is 18.5. The van der Waals surface area contributed by atoms with E-state index in [9.17, 15) is 35.6 Å². The number of anilines is 1. The summed E-state index contributed by atoms with van der Waals surface area (Å²) < 4.78 is 84.4. The maximum absolute atomic E-state index is 14.2. The summed E-state index contributed by atoms with van der Waals surface area (Å²) in [5, 5.41) is 2.86. The van der Waals surface area contributed by atoms with Crippen LogP contribution >= 0.6 is 11.3 Å². The molecule has 33 heavy (non-hydrogen) atoms. The van der Waals surface area contributed by atoms with Crippen LogP contribution in [0.3, 0.4) is 0 Å². The van der Waals surface area contributed by atoms with Gasteiger partial charge in [-0.3, -0.25) is 4.79 Å². The summed E-state index contributed by atoms with van der Waals surface area (Å²) >= 11 is 0.605. The van der Waals surface area contributed by atoms with Gasteiger partial charge in [0.25, 0.3) is 5.91 Å². The molecule has 8 nitrogen and oxygen atoms in total. The molecular formula is C19H15F4N3O5S2. The smallest absolute Gasteiger partial charge is 0.442 e. The van der Waals surface area contributed by atoms with Crippen LogP contribution < -0.4 is 10.6 Å². The number of ether oxygens (including phenoxy) is 1. The number of rotatable bonds is 6. The molecule has 0 saturated carbocycles. The first kappa shape index (κ1) is 24.4. The number of aromatic nitrogens is 1. The summed E-state index contributed by atoms with van der Waals surface area (Å²) in [6.45, 7) is 0. The van der Waals surface area contributed by atoms with Gasteiger partial charge in [0.15, 0.2) is 15.0 Å². The second kappa shape index (κ2) is 8.59. The third kappa shape index (κ3) is 4.75. The van der Waals surface area contributed by atoms with Crippen LogP contribution in [-0.2, 0) is 19.4 Å². The number of carbonyl (C=O) groups is 2. The Morgan fingerprint density at radius 1 is 1.12 bits per heavy atom. The topological polar surface area (TPSA) is 114 Å². The van der Waals surface area contributed by atoms with Crippen LogP contribution in [0.25, 0.3) is 10.2 Å². The van der Waals surface area contributed by atoms with Crippen LogP contribution in [0.2, 0.25) is 0 Å². The second-order valence-electron chi connectivity index (χ2n) is 6.72. The molecule has 0 spiro atoms. The van der Waals surface area contributed by atoms with Gasteiger partial charge in [0.2, 0.25) is 0 Å². The largest absolute Gasteiger partial charge is 0.466 e. The molecule has 0 aliphatic rings. The maximum Gasteiger partial charge on any atom is 0.442 e. The first-order chi connectivity index (χ1) is 15.3. The van der Waals surface area contributed by atoms with E-state index in [0.717, 1.165) is 18.4 Å². The summed E-state index contributed by atoms with van der Waals surface area (Å²) in [6.07, 6.45) is -4.50. The van der Waals surface area contributed by atoms with Crippen LogP contribution in [0.4, 0.5) is 22.7 Å². The molecule has 0 bridgehead atoms. The minimum atomic E-state index is -5.46. The fourth-order valence-electron chi connectivity index (χ4n) is 2.78. The van der Waals surface area contributed by atoms with Gasteiger partial charge in [0.05, 0.1) is 27.8 Å². The van der Waals surface area contributed by atoms with Crippen LogP contribution in [0.15, 0.2) is 47.4 Å². The molecule has 1 amide bonds. The summed E-state index contributed by atoms with van der Waals surface area (Å²) in [5.41, 5.74) is -4.43. The first-order valence-corrected chi connectivity index (χ1v) is 11.6. The number of hydrogen-bond acceptors (Lipinski definition) is 8. The van der Waals surface area contributed by atoms with Gasteiger partial charge in [0.1, 0.15) is 5.82 Å². The van der Waals surface area contributed by atoms with E-state index in [1.807, 2.05) is 5.32 Å². The molecule has 0 aliphatic carbocycles. The normalized spacial score (nSPS) is 13.9. The fourth-order valence-corrected chi connectivity index (χ4v) is 4.46. The van der Waals surface area contributed by atoms with Crippen LogP contribution in [0.1, 0.15) is 10.4 Å². The SMILES string of the molecule is COC(=O)C(NC(=O)c1ccccc1F)(Nc1nc2ccc(S(C)(=O)=O)cc2s1)C(F)(F)F. The van der Waals surface area contributed by atoms with E-state index in [1.165, 1.54) is 35.6 Å². The van der Waals surface area contributed by atoms with Crippen molar-refractivity contribution in [3.8, 4) is 0 Å². The standard InChI is InChI=1S/C19H15F4N3O5S2/c1-31-16(28)18(19(21,22)23,25-15(27)11-5-3-4-6-12(11)20)26-17-24-13-8-7-10(33(2,29)30)9-14(13)32-17/h3-9H,1-2H3,(H,24,26)(H,25,27). The third-order valence-corrected chi connectivity index (χ3v) is 6.46. The number of nitrogens with zero attached hydrogens (tertiary/aromatic N) is 1. The first-order valence-electron chi connectivity index (χ1n) is 8.89. The third-order valence-electron chi connectivity index (χ3n) is 4.42. The lowest BCUT2D eigenvalue weighted by molar-refractivity contribution is -0.203. The highest BCUT2D eigenvalue weighted by Gasteiger charge is 2.64. The number of nitrogens with one attached hydrogen (secondary N) is 2. The monoisotopic (exact) mass is 505 g/mol. The highest BCUT2D eigenvalue weighted by Crippen LogP contribution is 2.36. The molecule has 2 N–H and O–H groups in total. The van der Waals surface area contributed by atoms with Crippen molar-refractivity contribution >= 4 is 48.4 Å². The molecule has 2 aromatic carbocycles. The predicted octanol–water partition coefficient (Wildman–Crippen LogP) is 3.11. The van der Waals surface area contributed by atoms with Crippen molar-refractivity contribution in [2.45, 2.75) is 16.7 Å². The molecule has 176 valence electrons. The number of halogens is 4. The number of hydrogen-bond donors (Lipinski definition) is 2. The average Bonchev–Trinajstić information content (AvgIpc) is 3.12. The van der Waals surface area contributed by atoms with Crippen molar-refractivity contribution in [2.24, 2.45) is 0 Å².